The van der Waals surface area contributed by atoms with Crippen LogP contribution in [-0.4, -0.2) is 27.2 Å². The second-order valence-corrected chi connectivity index (χ2v) is 6.83. The average molecular weight is 291 g/mol. The zero-order chi connectivity index (χ0) is 14.1. The number of nitrogens with one attached hydrogen (secondary N) is 1. The van der Waals surface area contributed by atoms with Crippen LogP contribution in [0.3, 0.4) is 0 Å². The van der Waals surface area contributed by atoms with Gasteiger partial charge in [-0.3, -0.25) is 0 Å². The van der Waals surface area contributed by atoms with Gasteiger partial charge in [0, 0.05) is 31.5 Å². The smallest absolute Gasteiger partial charge is 0.169 e. The topological polar surface area (TPSA) is 20.2 Å². The first-order valence-corrected chi connectivity index (χ1v) is 8.24. The van der Waals surface area contributed by atoms with Crippen LogP contribution in [0.15, 0.2) is 18.3 Å². The Balaban J connectivity index is 1.81. The molecule has 2 fully saturated rings. The molecule has 2 heterocycles. The Kier molecular flexibility index (Phi) is 4.01. The largest absolute Gasteiger partial charge is 0.360 e. The van der Waals surface area contributed by atoms with E-state index in [1.165, 1.54) is 37.8 Å². The van der Waals surface area contributed by atoms with E-state index in [1.54, 1.807) is 0 Å². The summed E-state index contributed by atoms with van der Waals surface area (Å²) in [4.78, 5) is 2.44. The zero-order valence-corrected chi connectivity index (χ0v) is 13.3. The molecule has 0 radical (unpaired) electrons. The van der Waals surface area contributed by atoms with Crippen molar-refractivity contribution in [1.82, 2.24) is 14.8 Å². The monoisotopic (exact) mass is 291 g/mol. The first-order valence-electron chi connectivity index (χ1n) is 7.83. The van der Waals surface area contributed by atoms with Gasteiger partial charge in [0.2, 0.25) is 0 Å². The molecule has 2 atom stereocenters. The van der Waals surface area contributed by atoms with E-state index in [-0.39, 0.29) is 0 Å². The molecule has 1 aromatic heterocycles. The predicted molar refractivity (Wildman–Crippen MR) is 86.6 cm³/mol. The molecule has 0 amide bonds. The van der Waals surface area contributed by atoms with E-state index in [0.717, 1.165) is 17.6 Å². The molecule has 110 valence electrons. The third-order valence-corrected chi connectivity index (χ3v) is 5.02. The first-order chi connectivity index (χ1) is 9.65. The summed E-state index contributed by atoms with van der Waals surface area (Å²) in [6, 6.07) is 5.45. The Labute approximate surface area is 127 Å². The predicted octanol–water partition coefficient (Wildman–Crippen LogP) is 3.23. The van der Waals surface area contributed by atoms with E-state index in [1.807, 2.05) is 0 Å². The highest BCUT2D eigenvalue weighted by Crippen LogP contribution is 2.33. The fourth-order valence-electron chi connectivity index (χ4n) is 3.11. The van der Waals surface area contributed by atoms with Crippen molar-refractivity contribution in [3.05, 3.63) is 24.0 Å². The first kappa shape index (κ1) is 13.9. The van der Waals surface area contributed by atoms with Gasteiger partial charge in [-0.25, -0.2) is 0 Å². The van der Waals surface area contributed by atoms with Gasteiger partial charge in [0.25, 0.3) is 0 Å². The van der Waals surface area contributed by atoms with E-state index in [4.69, 9.17) is 12.2 Å². The van der Waals surface area contributed by atoms with Crippen LogP contribution < -0.4 is 5.32 Å². The zero-order valence-electron chi connectivity index (χ0n) is 12.5. The van der Waals surface area contributed by atoms with Crippen molar-refractivity contribution in [2.75, 3.05) is 6.54 Å². The minimum atomic E-state index is 0.429. The van der Waals surface area contributed by atoms with E-state index < -0.39 is 0 Å². The summed E-state index contributed by atoms with van der Waals surface area (Å²) < 4.78 is 2.24. The number of likely N-dealkylation sites (tertiary alicyclic amines) is 1. The molecule has 0 spiro atoms. The van der Waals surface area contributed by atoms with Crippen molar-refractivity contribution in [3.8, 4) is 0 Å². The summed E-state index contributed by atoms with van der Waals surface area (Å²) >= 11 is 5.69. The van der Waals surface area contributed by atoms with Gasteiger partial charge in [0.05, 0.1) is 6.04 Å². The molecule has 1 aliphatic heterocycles. The van der Waals surface area contributed by atoms with E-state index >= 15 is 0 Å². The fourth-order valence-corrected chi connectivity index (χ4v) is 3.50. The van der Waals surface area contributed by atoms with Crippen molar-refractivity contribution in [2.45, 2.75) is 51.1 Å². The van der Waals surface area contributed by atoms with Crippen LogP contribution in [0.4, 0.5) is 0 Å². The minimum Gasteiger partial charge on any atom is -0.360 e. The Bertz CT molecular complexity index is 478. The molecule has 3 rings (SSSR count). The maximum Gasteiger partial charge on any atom is 0.169 e. The molecule has 2 aliphatic rings. The van der Waals surface area contributed by atoms with Crippen molar-refractivity contribution < 1.29 is 0 Å². The average Bonchev–Trinajstić information content (AvgIpc) is 3.16. The highest BCUT2D eigenvalue weighted by atomic mass is 32.1. The molecule has 0 unspecified atom stereocenters. The Morgan fingerprint density at radius 3 is 2.70 bits per heavy atom. The molecule has 0 bridgehead atoms. The van der Waals surface area contributed by atoms with Crippen molar-refractivity contribution >= 4 is 17.3 Å². The molecule has 4 heteroatoms. The van der Waals surface area contributed by atoms with E-state index in [0.29, 0.717) is 12.1 Å². The summed E-state index contributed by atoms with van der Waals surface area (Å²) in [5.41, 5.74) is 1.39. The van der Waals surface area contributed by atoms with Gasteiger partial charge in [-0.2, -0.15) is 0 Å². The minimum absolute atomic E-state index is 0.429. The van der Waals surface area contributed by atoms with Gasteiger partial charge in [-0.15, -0.1) is 0 Å². The number of thiocarbonyl (C=S) groups is 1. The standard InChI is InChI=1S/C16H25N3S/c1-12-5-8-15(14-4-3-10-18(14)2)19(11-9-12)16(20)17-13-6-7-13/h3-4,10,12-13,15H,5-9,11H2,1-2H3,(H,17,20)/t12-,15-/m0/s1. The van der Waals surface area contributed by atoms with Gasteiger partial charge in [0.15, 0.2) is 5.11 Å². The molecule has 1 N–H and O–H groups in total. The van der Waals surface area contributed by atoms with Crippen LogP contribution in [0, 0.1) is 5.92 Å². The lowest BCUT2D eigenvalue weighted by Gasteiger charge is -2.33. The Hall–Kier alpha value is -1.03. The third kappa shape index (κ3) is 3.00. The van der Waals surface area contributed by atoms with Crippen LogP contribution in [-0.2, 0) is 7.05 Å². The number of rotatable bonds is 2. The van der Waals surface area contributed by atoms with E-state index in [9.17, 15) is 0 Å². The molecule has 3 nitrogen and oxygen atoms in total. The number of nitrogens with zero attached hydrogens (tertiary/aromatic N) is 2. The highest BCUT2D eigenvalue weighted by Gasteiger charge is 2.30. The van der Waals surface area contributed by atoms with Crippen LogP contribution in [0.5, 0.6) is 0 Å². The maximum atomic E-state index is 5.69. The Morgan fingerprint density at radius 1 is 1.25 bits per heavy atom. The van der Waals surface area contributed by atoms with E-state index in [2.05, 4.69) is 47.1 Å². The quantitative estimate of drug-likeness (QED) is 0.845. The van der Waals surface area contributed by atoms with Gasteiger partial charge in [0.1, 0.15) is 0 Å². The summed E-state index contributed by atoms with van der Waals surface area (Å²) in [7, 11) is 2.14. The normalized spacial score (nSPS) is 27.2. The number of hydrogen-bond donors (Lipinski definition) is 1. The fraction of sp³-hybridized carbons (Fsp3) is 0.688. The number of hydrogen-bond acceptors (Lipinski definition) is 1. The summed E-state index contributed by atoms with van der Waals surface area (Å²) in [5, 5.41) is 4.49. The number of aromatic nitrogens is 1. The number of aryl methyl sites for hydroxylation is 1. The van der Waals surface area contributed by atoms with Gasteiger partial charge < -0.3 is 14.8 Å². The lowest BCUT2D eigenvalue weighted by Crippen LogP contribution is -2.43. The molecular formula is C16H25N3S. The molecule has 20 heavy (non-hydrogen) atoms. The van der Waals surface area contributed by atoms with Crippen molar-refractivity contribution in [3.63, 3.8) is 0 Å². The van der Waals surface area contributed by atoms with Crippen molar-refractivity contribution in [2.24, 2.45) is 13.0 Å². The van der Waals surface area contributed by atoms with Gasteiger partial charge in [-0.05, 0) is 62.4 Å². The lowest BCUT2D eigenvalue weighted by atomic mass is 10.0. The van der Waals surface area contributed by atoms with Crippen LogP contribution >= 0.6 is 12.2 Å². The van der Waals surface area contributed by atoms with Gasteiger partial charge >= 0.3 is 0 Å². The summed E-state index contributed by atoms with van der Waals surface area (Å²) in [6.45, 7) is 3.44. The molecule has 1 aromatic rings. The second-order valence-electron chi connectivity index (χ2n) is 6.45. The SMILES string of the molecule is C[C@H]1CC[C@@H](c2cccn2C)N(C(=S)NC2CC2)CC1. The molecule has 0 aromatic carbocycles. The third-order valence-electron chi connectivity index (χ3n) is 4.66. The maximum absolute atomic E-state index is 5.69. The lowest BCUT2D eigenvalue weighted by molar-refractivity contribution is 0.305. The molecule has 1 saturated heterocycles. The highest BCUT2D eigenvalue weighted by molar-refractivity contribution is 7.80. The van der Waals surface area contributed by atoms with Crippen LogP contribution in [0.25, 0.3) is 0 Å². The molecule has 1 aliphatic carbocycles. The summed E-state index contributed by atoms with van der Waals surface area (Å²) in [5.74, 6) is 0.798. The summed E-state index contributed by atoms with van der Waals surface area (Å²) in [6.07, 6.45) is 8.43. The molecular weight excluding hydrogens is 266 g/mol. The van der Waals surface area contributed by atoms with Crippen LogP contribution in [0.1, 0.15) is 50.8 Å². The van der Waals surface area contributed by atoms with Crippen LogP contribution in [0.2, 0.25) is 0 Å². The van der Waals surface area contributed by atoms with Gasteiger partial charge in [-0.1, -0.05) is 6.92 Å². The van der Waals surface area contributed by atoms with Crippen molar-refractivity contribution in [1.29, 1.82) is 0 Å². The Morgan fingerprint density at radius 2 is 2.05 bits per heavy atom. The second kappa shape index (κ2) is 5.76. The molecule has 1 saturated carbocycles.